The van der Waals surface area contributed by atoms with Gasteiger partial charge in [-0.15, -0.1) is 30.1 Å². The molecule has 3 heteroatoms. The van der Waals surface area contributed by atoms with Crippen LogP contribution in [0.3, 0.4) is 0 Å². The maximum Gasteiger partial charge on any atom is 0.103 e. The second-order valence-corrected chi connectivity index (χ2v) is 8.01. The molecule has 1 N–H and O–H groups in total. The van der Waals surface area contributed by atoms with E-state index < -0.39 is 6.10 Å². The van der Waals surface area contributed by atoms with Crippen LogP contribution in [0.1, 0.15) is 30.6 Å². The van der Waals surface area contributed by atoms with E-state index in [9.17, 15) is 5.11 Å². The summed E-state index contributed by atoms with van der Waals surface area (Å²) in [6.45, 7) is 5.96. The molecule has 0 radical (unpaired) electrons. The van der Waals surface area contributed by atoms with Crippen LogP contribution in [0.5, 0.6) is 0 Å². The quantitative estimate of drug-likeness (QED) is 0.841. The summed E-state index contributed by atoms with van der Waals surface area (Å²) in [5.41, 5.74) is 2.25. The van der Waals surface area contributed by atoms with Gasteiger partial charge in [0, 0.05) is 0 Å². The second kappa shape index (κ2) is 6.18. The Kier molecular flexibility index (Phi) is 4.82. The van der Waals surface area contributed by atoms with E-state index in [1.54, 1.807) is 0 Å². The van der Waals surface area contributed by atoms with Crippen LogP contribution in [0.4, 0.5) is 0 Å². The summed E-state index contributed by atoms with van der Waals surface area (Å²) in [6.07, 6.45) is 3.54. The highest BCUT2D eigenvalue weighted by Gasteiger charge is 2.37. The minimum absolute atomic E-state index is 0.116. The summed E-state index contributed by atoms with van der Waals surface area (Å²) in [4.78, 5) is 0. The highest BCUT2D eigenvalue weighted by molar-refractivity contribution is 8.18. The molecule has 1 unspecified atom stereocenters. The highest BCUT2D eigenvalue weighted by Crippen LogP contribution is 2.50. The van der Waals surface area contributed by atoms with Crippen LogP contribution >= 0.6 is 23.5 Å². The van der Waals surface area contributed by atoms with Crippen molar-refractivity contribution in [3.05, 3.63) is 48.0 Å². The Bertz CT molecular complexity index is 411. The Balaban J connectivity index is 2.26. The smallest absolute Gasteiger partial charge is 0.103 e. The first-order valence-corrected chi connectivity index (χ1v) is 8.29. The van der Waals surface area contributed by atoms with Crippen molar-refractivity contribution in [3.63, 3.8) is 0 Å². The number of rotatable bonds is 4. The van der Waals surface area contributed by atoms with Gasteiger partial charge in [-0.05, 0) is 42.4 Å². The van der Waals surface area contributed by atoms with Crippen LogP contribution in [0, 0.1) is 0 Å². The average molecular weight is 280 g/mol. The fourth-order valence-electron chi connectivity index (χ4n) is 2.23. The summed E-state index contributed by atoms with van der Waals surface area (Å²) < 4.78 is -0.116. The Morgan fingerprint density at radius 1 is 1.39 bits per heavy atom. The van der Waals surface area contributed by atoms with Gasteiger partial charge in [0.25, 0.3) is 0 Å². The second-order valence-electron chi connectivity index (χ2n) is 4.66. The number of thioether (sulfide) groups is 2. The lowest BCUT2D eigenvalue weighted by Gasteiger charge is -2.37. The standard InChI is InChI=1S/C15H20OS2/c1-3-7-12-8-4-5-9-13(12)14(16)15(2)17-10-6-11-18-15/h3-5,8-9,14,16H,1,6-7,10-11H2,2H3. The molecule has 0 bridgehead atoms. The van der Waals surface area contributed by atoms with Gasteiger partial charge in [-0.3, -0.25) is 0 Å². The van der Waals surface area contributed by atoms with E-state index in [1.807, 2.05) is 47.8 Å². The van der Waals surface area contributed by atoms with Gasteiger partial charge in [-0.25, -0.2) is 0 Å². The maximum absolute atomic E-state index is 10.7. The zero-order valence-electron chi connectivity index (χ0n) is 10.8. The van der Waals surface area contributed by atoms with Gasteiger partial charge in [0.1, 0.15) is 6.10 Å². The number of aliphatic hydroxyl groups excluding tert-OH is 1. The molecular weight excluding hydrogens is 260 g/mol. The number of benzene rings is 1. The monoisotopic (exact) mass is 280 g/mol. The van der Waals surface area contributed by atoms with Crippen molar-refractivity contribution in [3.8, 4) is 0 Å². The van der Waals surface area contributed by atoms with Crippen LogP contribution in [-0.2, 0) is 6.42 Å². The molecule has 1 saturated heterocycles. The van der Waals surface area contributed by atoms with Crippen LogP contribution in [-0.4, -0.2) is 20.7 Å². The van der Waals surface area contributed by atoms with Gasteiger partial charge in [0.2, 0.25) is 0 Å². The average Bonchev–Trinajstić information content (AvgIpc) is 2.40. The number of allylic oxidation sites excluding steroid dienone is 1. The molecule has 1 aliphatic rings. The van der Waals surface area contributed by atoms with Crippen molar-refractivity contribution in [1.82, 2.24) is 0 Å². The van der Waals surface area contributed by atoms with E-state index in [-0.39, 0.29) is 4.08 Å². The molecule has 0 saturated carbocycles. The molecular formula is C15H20OS2. The fourth-order valence-corrected chi connectivity index (χ4v) is 5.21. The van der Waals surface area contributed by atoms with Crippen molar-refractivity contribution >= 4 is 23.5 Å². The molecule has 1 nitrogen and oxygen atoms in total. The number of aliphatic hydroxyl groups is 1. The third-order valence-corrected chi connectivity index (χ3v) is 6.56. The molecule has 98 valence electrons. The van der Waals surface area contributed by atoms with Crippen molar-refractivity contribution < 1.29 is 5.11 Å². The summed E-state index contributed by atoms with van der Waals surface area (Å²) in [7, 11) is 0. The fraction of sp³-hybridized carbons (Fsp3) is 0.467. The number of hydrogen-bond acceptors (Lipinski definition) is 3. The zero-order valence-corrected chi connectivity index (χ0v) is 12.4. The Morgan fingerprint density at radius 2 is 2.06 bits per heavy atom. The third-order valence-electron chi connectivity index (χ3n) is 3.28. The lowest BCUT2D eigenvalue weighted by atomic mass is 9.98. The molecule has 1 fully saturated rings. The molecule has 0 aromatic heterocycles. The van der Waals surface area contributed by atoms with Crippen molar-refractivity contribution in [1.29, 1.82) is 0 Å². The van der Waals surface area contributed by atoms with E-state index >= 15 is 0 Å². The lowest BCUT2D eigenvalue weighted by molar-refractivity contribution is 0.168. The van der Waals surface area contributed by atoms with E-state index in [2.05, 4.69) is 19.6 Å². The van der Waals surface area contributed by atoms with Crippen LogP contribution < -0.4 is 0 Å². The normalized spacial score (nSPS) is 20.3. The summed E-state index contributed by atoms with van der Waals surface area (Å²) >= 11 is 3.76. The van der Waals surface area contributed by atoms with Gasteiger partial charge < -0.3 is 5.11 Å². The highest BCUT2D eigenvalue weighted by atomic mass is 32.2. The molecule has 0 aliphatic carbocycles. The van der Waals surface area contributed by atoms with Gasteiger partial charge in [-0.2, -0.15) is 0 Å². The SMILES string of the molecule is C=CCc1ccccc1C(O)C1(C)SCCCS1. The van der Waals surface area contributed by atoms with E-state index in [0.717, 1.165) is 23.5 Å². The molecule has 1 heterocycles. The first-order valence-electron chi connectivity index (χ1n) is 6.32. The van der Waals surface area contributed by atoms with Crippen LogP contribution in [0.25, 0.3) is 0 Å². The van der Waals surface area contributed by atoms with E-state index in [0.29, 0.717) is 0 Å². The Hall–Kier alpha value is -0.380. The van der Waals surface area contributed by atoms with Gasteiger partial charge in [0.05, 0.1) is 4.08 Å². The van der Waals surface area contributed by atoms with Crippen molar-refractivity contribution in [2.75, 3.05) is 11.5 Å². The molecule has 1 atom stereocenters. The molecule has 18 heavy (non-hydrogen) atoms. The maximum atomic E-state index is 10.7. The predicted molar refractivity (Wildman–Crippen MR) is 83.2 cm³/mol. The third kappa shape index (κ3) is 2.95. The van der Waals surface area contributed by atoms with Gasteiger partial charge >= 0.3 is 0 Å². The number of hydrogen-bond donors (Lipinski definition) is 1. The summed E-state index contributed by atoms with van der Waals surface area (Å²) in [6, 6.07) is 8.16. The van der Waals surface area contributed by atoms with E-state index in [4.69, 9.17) is 0 Å². The Morgan fingerprint density at radius 3 is 2.72 bits per heavy atom. The zero-order chi connectivity index (χ0) is 13.0. The lowest BCUT2D eigenvalue weighted by Crippen LogP contribution is -2.30. The molecule has 0 amide bonds. The van der Waals surface area contributed by atoms with Crippen LogP contribution in [0.15, 0.2) is 36.9 Å². The first kappa shape index (κ1) is 14.0. The summed E-state index contributed by atoms with van der Waals surface area (Å²) in [5.74, 6) is 2.29. The van der Waals surface area contributed by atoms with Crippen LogP contribution in [0.2, 0.25) is 0 Å². The predicted octanol–water partition coefficient (Wildman–Crippen LogP) is 4.03. The topological polar surface area (TPSA) is 20.2 Å². The Labute approximate surface area is 118 Å². The molecule has 2 rings (SSSR count). The minimum Gasteiger partial charge on any atom is -0.386 e. The first-order chi connectivity index (χ1) is 8.67. The molecule has 1 aromatic carbocycles. The van der Waals surface area contributed by atoms with Gasteiger partial charge in [0.15, 0.2) is 0 Å². The van der Waals surface area contributed by atoms with Crippen molar-refractivity contribution in [2.24, 2.45) is 0 Å². The molecule has 1 aromatic rings. The largest absolute Gasteiger partial charge is 0.386 e. The van der Waals surface area contributed by atoms with Crippen molar-refractivity contribution in [2.45, 2.75) is 29.9 Å². The van der Waals surface area contributed by atoms with E-state index in [1.165, 1.54) is 12.0 Å². The minimum atomic E-state index is -0.413. The molecule has 1 aliphatic heterocycles. The van der Waals surface area contributed by atoms with Gasteiger partial charge in [-0.1, -0.05) is 30.3 Å². The molecule has 0 spiro atoms. The summed E-state index contributed by atoms with van der Waals surface area (Å²) in [5, 5.41) is 10.7.